The molecule has 1 unspecified atom stereocenters. The number of aromatic nitrogens is 2. The van der Waals surface area contributed by atoms with Crippen molar-refractivity contribution in [2.24, 2.45) is 0 Å². The third-order valence-corrected chi connectivity index (χ3v) is 3.46. The number of aliphatic hydroxyl groups excluding tert-OH is 2. The van der Waals surface area contributed by atoms with Crippen LogP contribution in [0.15, 0.2) is 11.0 Å². The highest BCUT2D eigenvalue weighted by atomic mass is 32.1. The lowest BCUT2D eigenvalue weighted by Crippen LogP contribution is -2.49. The second-order valence-corrected chi connectivity index (χ2v) is 5.09. The highest BCUT2D eigenvalue weighted by molar-refractivity contribution is 7.71. The summed E-state index contributed by atoms with van der Waals surface area (Å²) in [6.45, 7) is -0.258. The molecular formula is C10H12F2N2O5S. The minimum Gasteiger partial charge on any atom is -0.390 e. The minimum atomic E-state index is -2.98. The molecule has 10 heteroatoms. The topological polar surface area (TPSA) is 108 Å². The lowest BCUT2D eigenvalue weighted by Gasteiger charge is -2.27. The Morgan fingerprint density at radius 3 is 2.75 bits per heavy atom. The second kappa shape index (κ2) is 4.67. The maximum atomic E-state index is 14.1. The molecule has 2 rings (SSSR count). The van der Waals surface area contributed by atoms with Gasteiger partial charge in [-0.25, -0.2) is 13.6 Å². The van der Waals surface area contributed by atoms with Crippen molar-refractivity contribution < 1.29 is 28.8 Å². The number of alkyl halides is 1. The Bertz CT molecular complexity index is 645. The molecule has 20 heavy (non-hydrogen) atoms. The zero-order chi connectivity index (χ0) is 15.3. The van der Waals surface area contributed by atoms with Crippen LogP contribution in [0.5, 0.6) is 0 Å². The molecule has 0 spiro atoms. The van der Waals surface area contributed by atoms with E-state index in [9.17, 15) is 23.8 Å². The quantitative estimate of drug-likeness (QED) is 0.540. The summed E-state index contributed by atoms with van der Waals surface area (Å²) in [4.78, 5) is 13.7. The third kappa shape index (κ3) is 2.09. The number of H-pyrrole nitrogens is 1. The molecule has 4 N–H and O–H groups in total. The summed E-state index contributed by atoms with van der Waals surface area (Å²) in [7, 11) is 0. The molecule has 0 bridgehead atoms. The van der Waals surface area contributed by atoms with Crippen molar-refractivity contribution in [1.82, 2.24) is 9.55 Å². The molecule has 1 aromatic heterocycles. The summed E-state index contributed by atoms with van der Waals surface area (Å²) >= 11 is 4.51. The largest absolute Gasteiger partial charge is 0.390 e. The highest BCUT2D eigenvalue weighted by Gasteiger charge is 2.62. The van der Waals surface area contributed by atoms with Gasteiger partial charge >= 0.3 is 5.69 Å². The number of ether oxygens (including phenoxy) is 1. The first kappa shape index (κ1) is 15.2. The molecule has 2 heterocycles. The van der Waals surface area contributed by atoms with Crippen LogP contribution in [0.25, 0.3) is 0 Å². The Morgan fingerprint density at radius 1 is 1.65 bits per heavy atom. The van der Waals surface area contributed by atoms with E-state index in [2.05, 4.69) is 12.2 Å². The van der Waals surface area contributed by atoms with Crippen LogP contribution < -0.4 is 5.69 Å². The van der Waals surface area contributed by atoms with Gasteiger partial charge in [-0.1, -0.05) is 12.2 Å². The number of nitrogens with one attached hydrogen (secondary N) is 1. The van der Waals surface area contributed by atoms with Crippen LogP contribution in [-0.4, -0.2) is 49.0 Å². The summed E-state index contributed by atoms with van der Waals surface area (Å²) in [5.74, 6) is -3.97. The molecular weight excluding hydrogens is 298 g/mol. The molecule has 0 aliphatic carbocycles. The molecule has 4 atom stereocenters. The average Bonchev–Trinajstić information content (AvgIpc) is 2.56. The number of hydrogen-bond acceptors (Lipinski definition) is 6. The van der Waals surface area contributed by atoms with Crippen molar-refractivity contribution in [2.75, 3.05) is 6.61 Å². The van der Waals surface area contributed by atoms with E-state index in [-0.39, 0.29) is 0 Å². The molecule has 1 aromatic rings. The Balaban J connectivity index is 2.57. The Morgan fingerprint density at radius 2 is 2.25 bits per heavy atom. The summed E-state index contributed by atoms with van der Waals surface area (Å²) in [6.07, 6.45) is -3.26. The van der Waals surface area contributed by atoms with Crippen molar-refractivity contribution in [1.29, 1.82) is 0 Å². The zero-order valence-corrected chi connectivity index (χ0v) is 11.0. The molecule has 112 valence electrons. The van der Waals surface area contributed by atoms with E-state index in [0.29, 0.717) is 10.8 Å². The van der Waals surface area contributed by atoms with E-state index >= 15 is 0 Å². The van der Waals surface area contributed by atoms with Crippen LogP contribution in [0.1, 0.15) is 13.2 Å². The Kier molecular flexibility index (Phi) is 3.55. The number of nitrogens with zero attached hydrogens (tertiary/aromatic N) is 1. The van der Waals surface area contributed by atoms with Crippen LogP contribution in [0.4, 0.5) is 8.78 Å². The van der Waals surface area contributed by atoms with Gasteiger partial charge in [-0.2, -0.15) is 0 Å². The standard InChI is InChI=1S/C10H12F2N2O5S/c1-9(18)6(16)10(12,3-15)19-7(9)14-2-4(11)5(20)13-8(14)17/h2,6-7,15-16,18H,3H2,1H3,(H,13,17,20)/t6-,7-,9?,10-/m1/s1. The Labute approximate surface area is 116 Å². The number of rotatable bonds is 2. The van der Waals surface area contributed by atoms with E-state index in [1.165, 1.54) is 0 Å². The number of hydrogen-bond donors (Lipinski definition) is 4. The van der Waals surface area contributed by atoms with Gasteiger partial charge in [0.05, 0.1) is 6.20 Å². The second-order valence-electron chi connectivity index (χ2n) is 4.69. The summed E-state index contributed by atoms with van der Waals surface area (Å²) in [5.41, 5.74) is -3.24. The van der Waals surface area contributed by atoms with Crippen LogP contribution in [0.2, 0.25) is 0 Å². The molecule has 7 nitrogen and oxygen atoms in total. The lowest BCUT2D eigenvalue weighted by atomic mass is 9.95. The minimum absolute atomic E-state index is 0.460. The van der Waals surface area contributed by atoms with Gasteiger partial charge in [0.25, 0.3) is 5.85 Å². The maximum absolute atomic E-state index is 14.1. The van der Waals surface area contributed by atoms with Crippen molar-refractivity contribution in [3.05, 3.63) is 27.1 Å². The first-order chi connectivity index (χ1) is 9.13. The molecule has 1 aliphatic heterocycles. The summed E-state index contributed by atoms with van der Waals surface area (Å²) in [6, 6.07) is 0. The molecule has 1 fully saturated rings. The average molecular weight is 310 g/mol. The predicted molar refractivity (Wildman–Crippen MR) is 63.5 cm³/mol. The zero-order valence-electron chi connectivity index (χ0n) is 10.2. The van der Waals surface area contributed by atoms with Crippen molar-refractivity contribution in [3.8, 4) is 0 Å². The highest BCUT2D eigenvalue weighted by Crippen LogP contribution is 2.44. The van der Waals surface area contributed by atoms with Gasteiger partial charge in [-0.15, -0.1) is 0 Å². The molecule has 1 saturated heterocycles. The van der Waals surface area contributed by atoms with Gasteiger partial charge in [-0.3, -0.25) is 9.55 Å². The van der Waals surface area contributed by atoms with Gasteiger partial charge in [0.2, 0.25) is 0 Å². The van der Waals surface area contributed by atoms with E-state index < -0.39 is 46.5 Å². The van der Waals surface area contributed by atoms with Crippen LogP contribution in [-0.2, 0) is 4.74 Å². The fraction of sp³-hybridized carbons (Fsp3) is 0.600. The molecule has 1 aliphatic rings. The van der Waals surface area contributed by atoms with Crippen molar-refractivity contribution >= 4 is 12.2 Å². The fourth-order valence-corrected chi connectivity index (χ4v) is 2.18. The normalized spacial score (nSPS) is 37.3. The van der Waals surface area contributed by atoms with Crippen LogP contribution >= 0.6 is 12.2 Å². The number of aromatic amines is 1. The lowest BCUT2D eigenvalue weighted by molar-refractivity contribution is -0.207. The SMILES string of the molecule is CC1(O)[C@@H](O)[C@@](F)(CO)O[C@H]1n1cc(F)c(=S)[nH]c1=O. The number of aliphatic hydroxyl groups is 3. The van der Waals surface area contributed by atoms with Gasteiger partial charge < -0.3 is 20.1 Å². The van der Waals surface area contributed by atoms with Gasteiger partial charge in [0.15, 0.2) is 12.0 Å². The fourth-order valence-electron chi connectivity index (χ4n) is 2.04. The van der Waals surface area contributed by atoms with Gasteiger partial charge in [-0.05, 0) is 6.92 Å². The Hall–Kier alpha value is -1.20. The summed E-state index contributed by atoms with van der Waals surface area (Å²) < 4.78 is 32.2. The molecule has 0 amide bonds. The smallest absolute Gasteiger partial charge is 0.328 e. The van der Waals surface area contributed by atoms with E-state index in [1.54, 1.807) is 0 Å². The van der Waals surface area contributed by atoms with E-state index in [1.807, 2.05) is 4.98 Å². The molecule has 0 radical (unpaired) electrons. The number of halogens is 2. The monoisotopic (exact) mass is 310 g/mol. The van der Waals surface area contributed by atoms with Crippen molar-refractivity contribution in [2.45, 2.75) is 30.7 Å². The first-order valence-corrected chi connectivity index (χ1v) is 5.93. The predicted octanol–water partition coefficient (Wildman–Crippen LogP) is -0.656. The van der Waals surface area contributed by atoms with E-state index in [4.69, 9.17) is 9.84 Å². The molecule has 0 saturated carbocycles. The third-order valence-electron chi connectivity index (χ3n) is 3.16. The summed E-state index contributed by atoms with van der Waals surface area (Å²) in [5, 5.41) is 28.7. The van der Waals surface area contributed by atoms with Crippen molar-refractivity contribution in [3.63, 3.8) is 0 Å². The maximum Gasteiger partial charge on any atom is 0.328 e. The van der Waals surface area contributed by atoms with Gasteiger partial charge in [0, 0.05) is 0 Å². The van der Waals surface area contributed by atoms with Gasteiger partial charge in [0.1, 0.15) is 23.0 Å². The van der Waals surface area contributed by atoms with Crippen LogP contribution in [0.3, 0.4) is 0 Å². The first-order valence-electron chi connectivity index (χ1n) is 5.52. The molecule has 0 aromatic carbocycles. The van der Waals surface area contributed by atoms with Crippen LogP contribution in [0, 0.1) is 10.5 Å². The van der Waals surface area contributed by atoms with E-state index in [0.717, 1.165) is 6.92 Å².